The van der Waals surface area contributed by atoms with Crippen molar-refractivity contribution in [1.29, 1.82) is 0 Å². The Hall–Kier alpha value is -1.37. The number of rotatable bonds is 6. The summed E-state index contributed by atoms with van der Waals surface area (Å²) in [5, 5.41) is 0. The summed E-state index contributed by atoms with van der Waals surface area (Å²) in [4.78, 5) is 2.38. The molecule has 0 atom stereocenters. The number of hydrogen-bond donors (Lipinski definition) is 1. The summed E-state index contributed by atoms with van der Waals surface area (Å²) in [5.41, 5.74) is 6.86. The second kappa shape index (κ2) is 8.68. The molecule has 104 valence electrons. The van der Waals surface area contributed by atoms with Crippen molar-refractivity contribution in [2.75, 3.05) is 19.6 Å². The van der Waals surface area contributed by atoms with Crippen LogP contribution in [0.3, 0.4) is 0 Å². The molecule has 0 fully saturated rings. The second-order valence-corrected chi connectivity index (χ2v) is 4.60. The first-order valence-electron chi connectivity index (χ1n) is 6.91. The van der Waals surface area contributed by atoms with E-state index in [9.17, 15) is 4.39 Å². The van der Waals surface area contributed by atoms with Crippen LogP contribution in [0.25, 0.3) is 0 Å². The van der Waals surface area contributed by atoms with Gasteiger partial charge in [-0.15, -0.1) is 0 Å². The van der Waals surface area contributed by atoms with Gasteiger partial charge in [-0.2, -0.15) is 0 Å². The third-order valence-corrected chi connectivity index (χ3v) is 2.84. The van der Waals surface area contributed by atoms with Crippen molar-refractivity contribution >= 4 is 0 Å². The predicted octanol–water partition coefficient (Wildman–Crippen LogP) is 2.76. The Bertz CT molecular complexity index is 440. The van der Waals surface area contributed by atoms with Crippen LogP contribution in [0.5, 0.6) is 0 Å². The third kappa shape index (κ3) is 5.42. The number of benzene rings is 1. The quantitative estimate of drug-likeness (QED) is 0.799. The Balaban J connectivity index is 2.82. The minimum Gasteiger partial charge on any atom is -0.320 e. The van der Waals surface area contributed by atoms with Crippen molar-refractivity contribution in [1.82, 2.24) is 4.90 Å². The maximum Gasteiger partial charge on any atom is 0.138 e. The van der Waals surface area contributed by atoms with E-state index < -0.39 is 0 Å². The molecule has 1 aromatic rings. The summed E-state index contributed by atoms with van der Waals surface area (Å²) in [6.07, 6.45) is 2.25. The van der Waals surface area contributed by atoms with Gasteiger partial charge in [0.2, 0.25) is 0 Å². The van der Waals surface area contributed by atoms with Crippen molar-refractivity contribution in [3.63, 3.8) is 0 Å². The first-order chi connectivity index (χ1) is 9.21. The molecule has 2 nitrogen and oxygen atoms in total. The zero-order valence-electron chi connectivity index (χ0n) is 11.9. The Morgan fingerprint density at radius 2 is 1.89 bits per heavy atom. The molecule has 0 radical (unpaired) electrons. The average Bonchev–Trinajstić information content (AvgIpc) is 2.40. The van der Waals surface area contributed by atoms with Gasteiger partial charge in [-0.3, -0.25) is 4.90 Å². The molecule has 0 spiro atoms. The highest BCUT2D eigenvalue weighted by Gasteiger charge is 2.06. The fraction of sp³-hybridized carbons (Fsp3) is 0.500. The van der Waals surface area contributed by atoms with Gasteiger partial charge in [0.25, 0.3) is 0 Å². The van der Waals surface area contributed by atoms with Crippen LogP contribution in [0.4, 0.5) is 4.39 Å². The van der Waals surface area contributed by atoms with Crippen LogP contribution in [-0.4, -0.2) is 24.5 Å². The maximum atomic E-state index is 13.6. The standard InChI is InChI=1S/C16H23FN2/c1-3-10-19(11-4-2)13-14-7-8-16(17)15(12-14)6-5-9-18/h7-8,12H,3-4,9-11,13,18H2,1-2H3. The van der Waals surface area contributed by atoms with Crippen molar-refractivity contribution in [3.05, 3.63) is 35.1 Å². The highest BCUT2D eigenvalue weighted by molar-refractivity contribution is 5.38. The van der Waals surface area contributed by atoms with E-state index >= 15 is 0 Å². The lowest BCUT2D eigenvalue weighted by molar-refractivity contribution is 0.266. The minimum atomic E-state index is -0.276. The van der Waals surface area contributed by atoms with Gasteiger partial charge in [0, 0.05) is 6.54 Å². The second-order valence-electron chi connectivity index (χ2n) is 4.60. The molecular formula is C16H23FN2. The van der Waals surface area contributed by atoms with E-state index in [1.807, 2.05) is 12.1 Å². The Morgan fingerprint density at radius 1 is 1.21 bits per heavy atom. The smallest absolute Gasteiger partial charge is 0.138 e. The summed E-state index contributed by atoms with van der Waals surface area (Å²) in [5.74, 6) is 5.21. The lowest BCUT2D eigenvalue weighted by Gasteiger charge is -2.21. The first-order valence-corrected chi connectivity index (χ1v) is 6.91. The van der Waals surface area contributed by atoms with Crippen LogP contribution in [0.2, 0.25) is 0 Å². The molecule has 0 unspecified atom stereocenters. The molecule has 0 aliphatic heterocycles. The van der Waals surface area contributed by atoms with E-state index in [4.69, 9.17) is 5.73 Å². The predicted molar refractivity (Wildman–Crippen MR) is 78.2 cm³/mol. The van der Waals surface area contributed by atoms with Crippen LogP contribution in [0, 0.1) is 17.7 Å². The van der Waals surface area contributed by atoms with Crippen molar-refractivity contribution < 1.29 is 4.39 Å². The highest BCUT2D eigenvalue weighted by Crippen LogP contribution is 2.12. The van der Waals surface area contributed by atoms with Gasteiger partial charge < -0.3 is 5.73 Å². The molecule has 1 rings (SSSR count). The van der Waals surface area contributed by atoms with Gasteiger partial charge in [-0.25, -0.2) is 4.39 Å². The zero-order valence-corrected chi connectivity index (χ0v) is 11.9. The van der Waals surface area contributed by atoms with E-state index in [0.717, 1.165) is 38.0 Å². The number of halogens is 1. The van der Waals surface area contributed by atoms with Crippen molar-refractivity contribution in [2.45, 2.75) is 33.2 Å². The van der Waals surface area contributed by atoms with Crippen LogP contribution in [-0.2, 0) is 6.54 Å². The number of nitrogens with zero attached hydrogens (tertiary/aromatic N) is 1. The fourth-order valence-electron chi connectivity index (χ4n) is 2.07. The summed E-state index contributed by atoms with van der Waals surface area (Å²) in [6.45, 7) is 7.57. The Labute approximate surface area is 115 Å². The molecule has 0 heterocycles. The molecule has 2 N–H and O–H groups in total. The van der Waals surface area contributed by atoms with Gasteiger partial charge in [0.05, 0.1) is 12.1 Å². The highest BCUT2D eigenvalue weighted by atomic mass is 19.1. The van der Waals surface area contributed by atoms with Gasteiger partial charge >= 0.3 is 0 Å². The van der Waals surface area contributed by atoms with Gasteiger partial charge in [-0.05, 0) is 43.6 Å². The molecule has 0 bridgehead atoms. The molecule has 0 aromatic heterocycles. The van der Waals surface area contributed by atoms with E-state index in [-0.39, 0.29) is 12.4 Å². The van der Waals surface area contributed by atoms with Crippen LogP contribution in [0.1, 0.15) is 37.8 Å². The molecular weight excluding hydrogens is 239 g/mol. The Morgan fingerprint density at radius 3 is 2.47 bits per heavy atom. The van der Waals surface area contributed by atoms with E-state index in [2.05, 4.69) is 30.6 Å². The molecule has 0 aliphatic rings. The average molecular weight is 262 g/mol. The largest absolute Gasteiger partial charge is 0.320 e. The van der Waals surface area contributed by atoms with Crippen molar-refractivity contribution in [2.24, 2.45) is 5.73 Å². The molecule has 0 saturated heterocycles. The molecule has 0 saturated carbocycles. The molecule has 0 aliphatic carbocycles. The number of nitrogens with two attached hydrogens (primary N) is 1. The zero-order chi connectivity index (χ0) is 14.1. The van der Waals surface area contributed by atoms with E-state index in [1.54, 1.807) is 0 Å². The summed E-state index contributed by atoms with van der Waals surface area (Å²) in [6, 6.07) is 5.16. The topological polar surface area (TPSA) is 29.3 Å². The third-order valence-electron chi connectivity index (χ3n) is 2.84. The fourth-order valence-corrected chi connectivity index (χ4v) is 2.07. The van der Waals surface area contributed by atoms with Crippen LogP contribution < -0.4 is 5.73 Å². The first kappa shape index (κ1) is 15.7. The SMILES string of the molecule is CCCN(CCC)Cc1ccc(F)c(C#CCN)c1. The summed E-state index contributed by atoms with van der Waals surface area (Å²) in [7, 11) is 0. The van der Waals surface area contributed by atoms with E-state index in [1.165, 1.54) is 6.07 Å². The van der Waals surface area contributed by atoms with Gasteiger partial charge in [0.15, 0.2) is 0 Å². The minimum absolute atomic E-state index is 0.251. The summed E-state index contributed by atoms with van der Waals surface area (Å²) >= 11 is 0. The molecule has 19 heavy (non-hydrogen) atoms. The normalized spacial score (nSPS) is 10.4. The summed E-state index contributed by atoms with van der Waals surface area (Å²) < 4.78 is 13.6. The molecule has 0 amide bonds. The van der Waals surface area contributed by atoms with Crippen LogP contribution >= 0.6 is 0 Å². The van der Waals surface area contributed by atoms with Crippen LogP contribution in [0.15, 0.2) is 18.2 Å². The molecule has 1 aromatic carbocycles. The van der Waals surface area contributed by atoms with Gasteiger partial charge in [0.1, 0.15) is 5.82 Å². The Kier molecular flexibility index (Phi) is 7.17. The van der Waals surface area contributed by atoms with Gasteiger partial charge in [-0.1, -0.05) is 31.8 Å². The van der Waals surface area contributed by atoms with E-state index in [0.29, 0.717) is 5.56 Å². The lowest BCUT2D eigenvalue weighted by atomic mass is 10.1. The van der Waals surface area contributed by atoms with Crippen molar-refractivity contribution in [3.8, 4) is 11.8 Å². The maximum absolute atomic E-state index is 13.6. The lowest BCUT2D eigenvalue weighted by Crippen LogP contribution is -2.24. The molecule has 3 heteroatoms. The number of hydrogen-bond acceptors (Lipinski definition) is 2. The monoisotopic (exact) mass is 262 g/mol.